The third kappa shape index (κ3) is 2.51. The number of benzene rings is 1. The molecular weight excluding hydrogens is 233 g/mol. The van der Waals surface area contributed by atoms with Crippen LogP contribution in [0.4, 0.5) is 10.1 Å². The fourth-order valence-electron chi connectivity index (χ4n) is 1.73. The van der Waals surface area contributed by atoms with Crippen molar-refractivity contribution in [2.45, 2.75) is 12.1 Å². The van der Waals surface area contributed by atoms with E-state index in [9.17, 15) is 17.9 Å². The molecule has 88 valence electrons. The van der Waals surface area contributed by atoms with Gasteiger partial charge in [0.1, 0.15) is 5.82 Å². The number of nitrogens with one attached hydrogen (secondary N) is 1. The molecule has 0 saturated carbocycles. The number of hydrogen-bond acceptors (Lipinski definition) is 4. The SMILES string of the molecule is O=S1(=O)C[C@@H](O)[C@@H](Nc2ccc(F)cc2)C1. The molecule has 2 atom stereocenters. The fraction of sp³-hybridized carbons (Fsp3) is 0.400. The van der Waals surface area contributed by atoms with E-state index in [-0.39, 0.29) is 17.3 Å². The van der Waals surface area contributed by atoms with Crippen LogP contribution in [0.3, 0.4) is 0 Å². The summed E-state index contributed by atoms with van der Waals surface area (Å²) in [6, 6.07) is 5.05. The van der Waals surface area contributed by atoms with Crippen molar-refractivity contribution < 1.29 is 17.9 Å². The first-order valence-corrected chi connectivity index (χ1v) is 6.69. The monoisotopic (exact) mass is 245 g/mol. The number of aliphatic hydroxyl groups excluding tert-OH is 1. The molecule has 1 aromatic carbocycles. The van der Waals surface area contributed by atoms with E-state index in [0.717, 1.165) is 0 Å². The zero-order valence-electron chi connectivity index (χ0n) is 8.43. The summed E-state index contributed by atoms with van der Waals surface area (Å²) in [5.74, 6) is -0.664. The zero-order valence-corrected chi connectivity index (χ0v) is 9.24. The molecule has 4 nitrogen and oxygen atoms in total. The maximum absolute atomic E-state index is 12.6. The molecule has 1 fully saturated rings. The van der Waals surface area contributed by atoms with Crippen molar-refractivity contribution >= 4 is 15.5 Å². The van der Waals surface area contributed by atoms with Gasteiger partial charge in [-0.25, -0.2) is 12.8 Å². The van der Waals surface area contributed by atoms with Crippen LogP contribution in [0.1, 0.15) is 0 Å². The van der Waals surface area contributed by atoms with Crippen LogP contribution in [0, 0.1) is 5.82 Å². The summed E-state index contributed by atoms with van der Waals surface area (Å²) in [7, 11) is -3.16. The largest absolute Gasteiger partial charge is 0.390 e. The number of aliphatic hydroxyl groups is 1. The summed E-state index contributed by atoms with van der Waals surface area (Å²) < 4.78 is 35.1. The third-order valence-corrected chi connectivity index (χ3v) is 4.24. The van der Waals surface area contributed by atoms with Crippen LogP contribution >= 0.6 is 0 Å². The third-order valence-electron chi connectivity index (χ3n) is 2.52. The highest BCUT2D eigenvalue weighted by atomic mass is 32.2. The Morgan fingerprint density at radius 3 is 2.38 bits per heavy atom. The van der Waals surface area contributed by atoms with Gasteiger partial charge in [0, 0.05) is 5.69 Å². The van der Waals surface area contributed by atoms with Crippen LogP contribution in [0.15, 0.2) is 24.3 Å². The minimum Gasteiger partial charge on any atom is -0.390 e. The molecule has 0 radical (unpaired) electrons. The van der Waals surface area contributed by atoms with E-state index in [4.69, 9.17) is 0 Å². The zero-order chi connectivity index (χ0) is 11.8. The molecule has 0 unspecified atom stereocenters. The van der Waals surface area contributed by atoms with Crippen LogP contribution in [0.2, 0.25) is 0 Å². The molecule has 1 aliphatic rings. The van der Waals surface area contributed by atoms with Crippen LogP contribution in [0.5, 0.6) is 0 Å². The van der Waals surface area contributed by atoms with E-state index in [1.165, 1.54) is 24.3 Å². The second kappa shape index (κ2) is 4.03. The maximum atomic E-state index is 12.6. The molecule has 2 rings (SSSR count). The Morgan fingerprint density at radius 2 is 1.88 bits per heavy atom. The number of anilines is 1. The van der Waals surface area contributed by atoms with Crippen molar-refractivity contribution in [3.8, 4) is 0 Å². The van der Waals surface area contributed by atoms with E-state index in [1.54, 1.807) is 0 Å². The van der Waals surface area contributed by atoms with Crippen LogP contribution < -0.4 is 5.32 Å². The van der Waals surface area contributed by atoms with Crippen LogP contribution in [0.25, 0.3) is 0 Å². The Bertz CT molecular complexity index is 471. The normalized spacial score (nSPS) is 27.9. The van der Waals surface area contributed by atoms with Gasteiger partial charge in [0.15, 0.2) is 9.84 Å². The lowest BCUT2D eigenvalue weighted by atomic mass is 10.2. The predicted molar refractivity (Wildman–Crippen MR) is 58.5 cm³/mol. The maximum Gasteiger partial charge on any atom is 0.155 e. The summed E-state index contributed by atoms with van der Waals surface area (Å²) >= 11 is 0. The van der Waals surface area contributed by atoms with Gasteiger partial charge in [-0.3, -0.25) is 0 Å². The Kier molecular flexibility index (Phi) is 2.86. The van der Waals surface area contributed by atoms with Crippen molar-refractivity contribution in [3.05, 3.63) is 30.1 Å². The van der Waals surface area contributed by atoms with Crippen molar-refractivity contribution in [2.75, 3.05) is 16.8 Å². The highest BCUT2D eigenvalue weighted by Crippen LogP contribution is 2.18. The van der Waals surface area contributed by atoms with E-state index >= 15 is 0 Å². The Hall–Kier alpha value is -1.14. The molecule has 0 spiro atoms. The van der Waals surface area contributed by atoms with Gasteiger partial charge in [0.25, 0.3) is 0 Å². The summed E-state index contributed by atoms with van der Waals surface area (Å²) in [5.41, 5.74) is 0.600. The lowest BCUT2D eigenvalue weighted by molar-refractivity contribution is 0.190. The minimum absolute atomic E-state index is 0.0917. The van der Waals surface area contributed by atoms with Crippen LogP contribution in [-0.4, -0.2) is 37.2 Å². The molecule has 1 aliphatic heterocycles. The number of rotatable bonds is 2. The average Bonchev–Trinajstić information content (AvgIpc) is 2.44. The number of sulfone groups is 1. The first-order chi connectivity index (χ1) is 7.46. The number of halogens is 1. The summed E-state index contributed by atoms with van der Waals surface area (Å²) in [6.45, 7) is 0. The molecule has 0 bridgehead atoms. The highest BCUT2D eigenvalue weighted by molar-refractivity contribution is 7.91. The molecule has 1 aromatic rings. The van der Waals surface area contributed by atoms with Gasteiger partial charge in [-0.05, 0) is 24.3 Å². The lowest BCUT2D eigenvalue weighted by Crippen LogP contribution is -2.31. The molecule has 2 N–H and O–H groups in total. The number of hydrogen-bond donors (Lipinski definition) is 2. The quantitative estimate of drug-likeness (QED) is 0.791. The minimum atomic E-state index is -3.16. The standard InChI is InChI=1S/C10H12FNO3S/c11-7-1-3-8(4-2-7)12-9-5-16(14,15)6-10(9)13/h1-4,9-10,12-13H,5-6H2/t9-,10+/m0/s1. The first-order valence-electron chi connectivity index (χ1n) is 4.87. The molecule has 1 heterocycles. The smallest absolute Gasteiger partial charge is 0.155 e. The van der Waals surface area contributed by atoms with E-state index < -0.39 is 22.0 Å². The van der Waals surface area contributed by atoms with E-state index in [1.807, 2.05) is 0 Å². The van der Waals surface area contributed by atoms with Gasteiger partial charge in [-0.2, -0.15) is 0 Å². The second-order valence-corrected chi connectivity index (χ2v) is 6.06. The molecule has 1 saturated heterocycles. The molecule has 0 aliphatic carbocycles. The molecule has 0 aromatic heterocycles. The predicted octanol–water partition coefficient (Wildman–Crippen LogP) is 0.395. The van der Waals surface area contributed by atoms with Gasteiger partial charge >= 0.3 is 0 Å². The summed E-state index contributed by atoms with van der Waals surface area (Å²) in [4.78, 5) is 0. The van der Waals surface area contributed by atoms with Crippen molar-refractivity contribution in [1.82, 2.24) is 0 Å². The van der Waals surface area contributed by atoms with Crippen molar-refractivity contribution in [3.63, 3.8) is 0 Å². The van der Waals surface area contributed by atoms with E-state index in [0.29, 0.717) is 5.69 Å². The van der Waals surface area contributed by atoms with Gasteiger partial charge in [0.05, 0.1) is 23.7 Å². The topological polar surface area (TPSA) is 66.4 Å². The van der Waals surface area contributed by atoms with Gasteiger partial charge in [-0.1, -0.05) is 0 Å². The fourth-order valence-corrected chi connectivity index (χ4v) is 3.47. The Morgan fingerprint density at radius 1 is 1.25 bits per heavy atom. The molecule has 16 heavy (non-hydrogen) atoms. The lowest BCUT2D eigenvalue weighted by Gasteiger charge is -2.15. The first kappa shape index (κ1) is 11.3. The van der Waals surface area contributed by atoms with Crippen molar-refractivity contribution in [1.29, 1.82) is 0 Å². The summed E-state index contributed by atoms with van der Waals surface area (Å²) in [6.07, 6.45) is -0.907. The van der Waals surface area contributed by atoms with Gasteiger partial charge in [0.2, 0.25) is 0 Å². The average molecular weight is 245 g/mol. The second-order valence-electron chi connectivity index (χ2n) is 3.90. The van der Waals surface area contributed by atoms with E-state index in [2.05, 4.69) is 5.32 Å². The van der Waals surface area contributed by atoms with Crippen LogP contribution in [-0.2, 0) is 9.84 Å². The van der Waals surface area contributed by atoms with Crippen molar-refractivity contribution in [2.24, 2.45) is 0 Å². The van der Waals surface area contributed by atoms with Gasteiger partial charge in [-0.15, -0.1) is 0 Å². The molecule has 0 amide bonds. The van der Waals surface area contributed by atoms with Gasteiger partial charge < -0.3 is 10.4 Å². The highest BCUT2D eigenvalue weighted by Gasteiger charge is 2.36. The Labute approximate surface area is 93.0 Å². The summed E-state index contributed by atoms with van der Waals surface area (Å²) in [5, 5.41) is 12.4. The molecule has 6 heteroatoms. The molecular formula is C10H12FNO3S. The Balaban J connectivity index is 2.08.